The lowest BCUT2D eigenvalue weighted by Crippen LogP contribution is -1.96. The van der Waals surface area contributed by atoms with Crippen molar-refractivity contribution >= 4 is 97.1 Å². The second-order valence-electron chi connectivity index (χ2n) is 14.1. The van der Waals surface area contributed by atoms with E-state index < -0.39 is 0 Å². The molecule has 0 unspecified atom stereocenters. The average Bonchev–Trinajstić information content (AvgIpc) is 3.93. The molecule has 5 heteroatoms. The van der Waals surface area contributed by atoms with Gasteiger partial charge in [-0.25, -0.2) is 4.98 Å². The summed E-state index contributed by atoms with van der Waals surface area (Å²) in [5, 5.41) is 9.95. The molecular formula is C48H30N4S. The van der Waals surface area contributed by atoms with Crippen molar-refractivity contribution in [3.8, 4) is 17.1 Å². The van der Waals surface area contributed by atoms with Crippen molar-refractivity contribution in [1.29, 1.82) is 0 Å². The maximum atomic E-state index is 5.11. The number of rotatable bonds is 3. The molecule has 0 aliphatic heterocycles. The Bertz CT molecular complexity index is 3370. The topological polar surface area (TPSA) is 27.7 Å². The second kappa shape index (κ2) is 10.7. The molecular weight excluding hydrogens is 665 g/mol. The highest BCUT2D eigenvalue weighted by Gasteiger charge is 2.19. The Morgan fingerprint density at radius 2 is 0.811 bits per heavy atom. The van der Waals surface area contributed by atoms with E-state index in [1.54, 1.807) is 11.3 Å². The fourth-order valence-corrected chi connectivity index (χ4v) is 9.85. The van der Waals surface area contributed by atoms with Gasteiger partial charge >= 0.3 is 0 Å². The molecule has 0 saturated carbocycles. The molecule has 0 aliphatic rings. The van der Waals surface area contributed by atoms with Crippen molar-refractivity contribution in [2.24, 2.45) is 0 Å². The van der Waals surface area contributed by atoms with E-state index in [0.29, 0.717) is 0 Å². The first kappa shape index (κ1) is 28.9. The zero-order chi connectivity index (χ0) is 34.8. The van der Waals surface area contributed by atoms with E-state index in [9.17, 15) is 0 Å². The highest BCUT2D eigenvalue weighted by Crippen LogP contribution is 2.41. The third kappa shape index (κ3) is 4.03. The Balaban J connectivity index is 1.08. The van der Waals surface area contributed by atoms with Crippen molar-refractivity contribution < 1.29 is 0 Å². The molecule has 12 aromatic rings. The molecule has 0 saturated heterocycles. The third-order valence-electron chi connectivity index (χ3n) is 11.1. The summed E-state index contributed by atoms with van der Waals surface area (Å²) in [6.45, 7) is 2.18. The number of thiophene rings is 1. The number of hydrogen-bond donors (Lipinski definition) is 0. The summed E-state index contributed by atoms with van der Waals surface area (Å²) >= 11 is 1.76. The van der Waals surface area contributed by atoms with E-state index in [0.717, 1.165) is 21.9 Å². The van der Waals surface area contributed by atoms with Crippen molar-refractivity contribution in [2.45, 2.75) is 6.92 Å². The zero-order valence-electron chi connectivity index (χ0n) is 28.8. The van der Waals surface area contributed by atoms with E-state index in [1.807, 2.05) is 6.20 Å². The van der Waals surface area contributed by atoms with Crippen LogP contribution in [0.5, 0.6) is 0 Å². The number of nitrogens with zero attached hydrogens (tertiary/aromatic N) is 4. The molecule has 53 heavy (non-hydrogen) atoms. The number of aryl methyl sites for hydroxylation is 1. The monoisotopic (exact) mass is 694 g/mol. The van der Waals surface area contributed by atoms with Crippen molar-refractivity contribution in [2.75, 3.05) is 0 Å². The molecule has 0 fully saturated rings. The van der Waals surface area contributed by atoms with Gasteiger partial charge in [0.15, 0.2) is 0 Å². The minimum absolute atomic E-state index is 1.05. The smallest absolute Gasteiger partial charge is 0.124 e. The molecule has 0 spiro atoms. The van der Waals surface area contributed by atoms with Crippen LogP contribution in [-0.4, -0.2) is 18.7 Å². The van der Waals surface area contributed by atoms with Crippen LogP contribution in [0.15, 0.2) is 164 Å². The minimum atomic E-state index is 1.05. The molecule has 12 rings (SSSR count). The fraction of sp³-hybridized carbons (Fsp3) is 0.0208. The standard InChI is InChI=1S/C48H30N4S/c1-29-18-21-45-37(24-29)38-25-30(50-41-14-6-2-10-33(41)34-11-3-7-15-42(34)50)19-22-46(38)52(45)32-27-40-39-26-31(20-23-47(39)53-48(40)49-28-32)51-43-16-8-4-12-35(43)36-13-5-9-17-44(36)51/h2-28H,1H3. The first-order valence-electron chi connectivity index (χ1n) is 18.0. The molecule has 0 radical (unpaired) electrons. The van der Waals surface area contributed by atoms with E-state index in [-0.39, 0.29) is 0 Å². The number of para-hydroxylation sites is 4. The van der Waals surface area contributed by atoms with Crippen LogP contribution in [-0.2, 0) is 0 Å². The predicted molar refractivity (Wildman–Crippen MR) is 225 cm³/mol. The first-order valence-corrected chi connectivity index (χ1v) is 18.9. The summed E-state index contributed by atoms with van der Waals surface area (Å²) in [6, 6.07) is 57.8. The van der Waals surface area contributed by atoms with Gasteiger partial charge in [0, 0.05) is 59.2 Å². The maximum Gasteiger partial charge on any atom is 0.124 e. The summed E-state index contributed by atoms with van der Waals surface area (Å²) in [5.41, 5.74) is 11.8. The lowest BCUT2D eigenvalue weighted by molar-refractivity contribution is 1.15. The lowest BCUT2D eigenvalue weighted by atomic mass is 10.1. The van der Waals surface area contributed by atoms with Crippen molar-refractivity contribution in [1.82, 2.24) is 18.7 Å². The normalized spacial score (nSPS) is 12.2. The molecule has 5 heterocycles. The maximum absolute atomic E-state index is 5.11. The van der Waals surface area contributed by atoms with Crippen LogP contribution in [0.25, 0.3) is 103 Å². The fourth-order valence-electron chi connectivity index (χ4n) is 8.84. The average molecular weight is 695 g/mol. The molecule has 0 bridgehead atoms. The quantitative estimate of drug-likeness (QED) is 0.181. The van der Waals surface area contributed by atoms with Gasteiger partial charge in [-0.05, 0) is 85.8 Å². The van der Waals surface area contributed by atoms with Gasteiger partial charge in [-0.15, -0.1) is 11.3 Å². The molecule has 0 atom stereocenters. The number of aromatic nitrogens is 4. The Labute approximate surface area is 308 Å². The summed E-state index contributed by atoms with van der Waals surface area (Å²) in [4.78, 5) is 6.16. The Kier molecular flexibility index (Phi) is 5.83. The van der Waals surface area contributed by atoms with Gasteiger partial charge < -0.3 is 13.7 Å². The minimum Gasteiger partial charge on any atom is -0.309 e. The van der Waals surface area contributed by atoms with Crippen LogP contribution in [0.4, 0.5) is 0 Å². The van der Waals surface area contributed by atoms with Crippen molar-refractivity contribution in [3.05, 3.63) is 169 Å². The van der Waals surface area contributed by atoms with E-state index >= 15 is 0 Å². The van der Waals surface area contributed by atoms with Gasteiger partial charge in [0.05, 0.1) is 45.0 Å². The molecule has 5 aromatic heterocycles. The summed E-state index contributed by atoms with van der Waals surface area (Å²) < 4.78 is 8.44. The molecule has 7 aromatic carbocycles. The summed E-state index contributed by atoms with van der Waals surface area (Å²) in [6.07, 6.45) is 2.05. The number of benzene rings is 7. The van der Waals surface area contributed by atoms with Crippen LogP contribution < -0.4 is 0 Å². The highest BCUT2D eigenvalue weighted by atomic mass is 32.1. The van der Waals surface area contributed by atoms with Crippen LogP contribution >= 0.6 is 11.3 Å². The van der Waals surface area contributed by atoms with Gasteiger partial charge in [-0.3, -0.25) is 0 Å². The van der Waals surface area contributed by atoms with Crippen LogP contribution in [0, 0.1) is 6.92 Å². The number of fused-ring (bicyclic) bond motifs is 12. The van der Waals surface area contributed by atoms with Crippen molar-refractivity contribution in [3.63, 3.8) is 0 Å². The Hall–Kier alpha value is -6.69. The predicted octanol–water partition coefficient (Wildman–Crippen LogP) is 13.0. The summed E-state index contributed by atoms with van der Waals surface area (Å²) in [7, 11) is 0. The van der Waals surface area contributed by atoms with E-state index in [4.69, 9.17) is 4.98 Å². The summed E-state index contributed by atoms with van der Waals surface area (Å²) in [5.74, 6) is 0. The third-order valence-corrected chi connectivity index (χ3v) is 12.2. The number of pyridine rings is 1. The Morgan fingerprint density at radius 3 is 1.40 bits per heavy atom. The molecule has 0 aliphatic carbocycles. The Morgan fingerprint density at radius 1 is 0.377 bits per heavy atom. The molecule has 4 nitrogen and oxygen atoms in total. The van der Waals surface area contributed by atoms with Gasteiger partial charge in [0.2, 0.25) is 0 Å². The molecule has 0 amide bonds. The van der Waals surface area contributed by atoms with Gasteiger partial charge in [0.25, 0.3) is 0 Å². The molecule has 248 valence electrons. The zero-order valence-corrected chi connectivity index (χ0v) is 29.6. The SMILES string of the molecule is Cc1ccc2c(c1)c1cc(-n3c4ccccc4c4ccccc43)ccc1n2-c1cnc2sc3ccc(-n4c5ccccc5c5ccccc54)cc3c2c1. The van der Waals surface area contributed by atoms with Crippen LogP contribution in [0.3, 0.4) is 0 Å². The largest absolute Gasteiger partial charge is 0.309 e. The van der Waals surface area contributed by atoms with E-state index in [1.165, 1.54) is 86.5 Å². The van der Waals surface area contributed by atoms with Crippen LogP contribution in [0.1, 0.15) is 5.56 Å². The lowest BCUT2D eigenvalue weighted by Gasteiger charge is -2.10. The highest BCUT2D eigenvalue weighted by molar-refractivity contribution is 7.25. The van der Waals surface area contributed by atoms with Gasteiger partial charge in [0.1, 0.15) is 4.83 Å². The first-order chi connectivity index (χ1) is 26.2. The number of hydrogen-bond acceptors (Lipinski definition) is 2. The van der Waals surface area contributed by atoms with Gasteiger partial charge in [-0.1, -0.05) is 84.4 Å². The van der Waals surface area contributed by atoms with E-state index in [2.05, 4.69) is 178 Å². The molecule has 0 N–H and O–H groups in total. The van der Waals surface area contributed by atoms with Gasteiger partial charge in [-0.2, -0.15) is 0 Å². The van der Waals surface area contributed by atoms with Crippen LogP contribution in [0.2, 0.25) is 0 Å². The second-order valence-corrected chi connectivity index (χ2v) is 15.2.